The number of hydrogen-bond acceptors (Lipinski definition) is 6. The van der Waals surface area contributed by atoms with Crippen molar-refractivity contribution in [1.82, 2.24) is 20.2 Å². The van der Waals surface area contributed by atoms with E-state index in [-0.39, 0.29) is 24.4 Å². The summed E-state index contributed by atoms with van der Waals surface area (Å²) in [5, 5.41) is 11.1. The Hall–Kier alpha value is -3.11. The Morgan fingerprint density at radius 3 is 2.93 bits per heavy atom. The second kappa shape index (κ2) is 7.37. The van der Waals surface area contributed by atoms with E-state index in [1.165, 1.54) is 23.5 Å². The van der Waals surface area contributed by atoms with Crippen LogP contribution in [0, 0.1) is 11.7 Å². The maximum Gasteiger partial charge on any atom is 0.393 e. The molecule has 0 aliphatic carbocycles. The van der Waals surface area contributed by atoms with Gasteiger partial charge in [0.2, 0.25) is 0 Å². The van der Waals surface area contributed by atoms with E-state index in [1.54, 1.807) is 17.1 Å². The van der Waals surface area contributed by atoms with Crippen LogP contribution < -0.4 is 10.6 Å². The van der Waals surface area contributed by atoms with Crippen molar-refractivity contribution in [3.05, 3.63) is 48.3 Å². The van der Waals surface area contributed by atoms with Gasteiger partial charge in [-0.25, -0.2) is 9.40 Å². The summed E-state index contributed by atoms with van der Waals surface area (Å²) in [4.78, 5) is 17.8. The molecule has 1 fully saturated rings. The number of rotatable bonds is 2. The van der Waals surface area contributed by atoms with Gasteiger partial charge in [-0.1, -0.05) is 0 Å². The third-order valence-electron chi connectivity index (χ3n) is 5.00. The van der Waals surface area contributed by atoms with Crippen molar-refractivity contribution < 1.29 is 22.4 Å². The minimum atomic E-state index is -4.26. The number of amidine groups is 1. The van der Waals surface area contributed by atoms with Crippen LogP contribution in [0.15, 0.2) is 47.6 Å². The molecular formula is C18H18F4N6O. The lowest BCUT2D eigenvalue weighted by molar-refractivity contribution is -0.183. The molecule has 154 valence electrons. The summed E-state index contributed by atoms with van der Waals surface area (Å²) in [6, 6.07) is 1.32. The zero-order valence-corrected chi connectivity index (χ0v) is 15.2. The molecule has 0 saturated carbocycles. The number of hydrogen-bond donors (Lipinski definition) is 2. The number of carbonyl (C=O) groups is 1. The largest absolute Gasteiger partial charge is 0.393 e. The summed E-state index contributed by atoms with van der Waals surface area (Å²) >= 11 is 0. The molecule has 7 nitrogen and oxygen atoms in total. The molecule has 1 saturated heterocycles. The van der Waals surface area contributed by atoms with Gasteiger partial charge in [0.25, 0.3) is 5.91 Å². The number of alkyl halides is 3. The Balaban J connectivity index is 1.50. The summed E-state index contributed by atoms with van der Waals surface area (Å²) in [6.45, 7) is 0.279. The first kappa shape index (κ1) is 19.2. The van der Waals surface area contributed by atoms with E-state index < -0.39 is 30.0 Å². The van der Waals surface area contributed by atoms with Crippen molar-refractivity contribution in [3.8, 4) is 0 Å². The van der Waals surface area contributed by atoms with Gasteiger partial charge in [-0.05, 0) is 31.1 Å². The fourth-order valence-corrected chi connectivity index (χ4v) is 3.48. The van der Waals surface area contributed by atoms with Crippen molar-refractivity contribution in [2.45, 2.75) is 25.2 Å². The third kappa shape index (κ3) is 3.89. The van der Waals surface area contributed by atoms with E-state index in [2.05, 4.69) is 20.7 Å². The first-order valence-electron chi connectivity index (χ1n) is 9.08. The zero-order valence-electron chi connectivity index (χ0n) is 15.2. The van der Waals surface area contributed by atoms with Gasteiger partial charge in [0.15, 0.2) is 5.82 Å². The summed E-state index contributed by atoms with van der Waals surface area (Å²) in [5.74, 6) is -2.34. The van der Waals surface area contributed by atoms with Crippen LogP contribution in [0.1, 0.15) is 12.8 Å². The van der Waals surface area contributed by atoms with Gasteiger partial charge in [-0.3, -0.25) is 9.78 Å². The maximum atomic E-state index is 13.7. The van der Waals surface area contributed by atoms with E-state index in [1.807, 2.05) is 0 Å². The van der Waals surface area contributed by atoms with E-state index in [0.29, 0.717) is 18.8 Å². The van der Waals surface area contributed by atoms with Crippen molar-refractivity contribution in [2.75, 3.05) is 18.4 Å². The summed E-state index contributed by atoms with van der Waals surface area (Å²) < 4.78 is 53.1. The number of likely N-dealkylation sites (tertiary alicyclic amines) is 1. The molecule has 0 aromatic carbocycles. The molecule has 4 rings (SSSR count). The first-order valence-corrected chi connectivity index (χ1v) is 9.08. The van der Waals surface area contributed by atoms with Crippen LogP contribution >= 0.6 is 0 Å². The lowest BCUT2D eigenvalue weighted by Gasteiger charge is -2.37. The quantitative estimate of drug-likeness (QED) is 0.733. The van der Waals surface area contributed by atoms with Gasteiger partial charge < -0.3 is 15.5 Å². The van der Waals surface area contributed by atoms with Crippen LogP contribution in [-0.2, 0) is 4.79 Å². The number of piperidine rings is 1. The molecule has 2 N–H and O–H groups in total. The minimum Gasteiger partial charge on any atom is -0.365 e. The topological polar surface area (TPSA) is 72.9 Å². The van der Waals surface area contributed by atoms with Gasteiger partial charge >= 0.3 is 6.18 Å². The Labute approximate surface area is 163 Å². The van der Waals surface area contributed by atoms with Crippen LogP contribution in [0.3, 0.4) is 0 Å². The first-order chi connectivity index (χ1) is 13.8. The molecule has 0 bridgehead atoms. The van der Waals surface area contributed by atoms with Crippen molar-refractivity contribution in [3.63, 3.8) is 0 Å². The molecule has 4 heterocycles. The van der Waals surface area contributed by atoms with Crippen LogP contribution in [0.4, 0.5) is 23.2 Å². The number of aromatic nitrogens is 1. The predicted octanol–water partition coefficient (Wildman–Crippen LogP) is 2.39. The molecule has 29 heavy (non-hydrogen) atoms. The molecule has 3 aliphatic rings. The molecule has 11 heteroatoms. The normalized spacial score (nSPS) is 23.9. The molecule has 2 atom stereocenters. The average molecular weight is 410 g/mol. The van der Waals surface area contributed by atoms with E-state index in [9.17, 15) is 22.4 Å². The molecule has 3 aliphatic heterocycles. The average Bonchev–Trinajstić information content (AvgIpc) is 3.12. The highest BCUT2D eigenvalue weighted by Gasteiger charge is 2.42. The zero-order chi connectivity index (χ0) is 20.6. The summed E-state index contributed by atoms with van der Waals surface area (Å²) in [6.07, 6.45) is 2.92. The number of nitrogens with one attached hydrogen (secondary N) is 2. The third-order valence-corrected chi connectivity index (χ3v) is 5.00. The fourth-order valence-electron chi connectivity index (χ4n) is 3.48. The number of amides is 1. The standard InChI is InChI=1S/C18H18F4N6O/c19-12-8-23-6-5-13(12)25-17(29)14-9-24-15-3-4-16(26-28(14)15)27-7-1-2-11(10-27)18(20,21)22/h3-6,8-9,11,15,24H,1-2,7,10H2,(H,23,25,29). The lowest BCUT2D eigenvalue weighted by Crippen LogP contribution is -2.47. The molecule has 1 aromatic rings. The number of anilines is 1. The Bertz CT molecular complexity index is 897. The van der Waals surface area contributed by atoms with Crippen LogP contribution in [0.2, 0.25) is 0 Å². The number of pyridine rings is 1. The number of nitrogens with zero attached hydrogens (tertiary/aromatic N) is 4. The summed E-state index contributed by atoms with van der Waals surface area (Å²) in [7, 11) is 0. The number of hydrazone groups is 1. The van der Waals surface area contributed by atoms with Crippen LogP contribution in [0.25, 0.3) is 0 Å². The van der Waals surface area contributed by atoms with Gasteiger partial charge in [-0.2, -0.15) is 18.3 Å². The van der Waals surface area contributed by atoms with Crippen molar-refractivity contribution in [2.24, 2.45) is 11.0 Å². The second-order valence-corrected chi connectivity index (χ2v) is 6.94. The summed E-state index contributed by atoms with van der Waals surface area (Å²) in [5.41, 5.74) is 0.0904. The van der Waals surface area contributed by atoms with E-state index >= 15 is 0 Å². The van der Waals surface area contributed by atoms with Gasteiger partial charge in [0.1, 0.15) is 17.7 Å². The van der Waals surface area contributed by atoms with Crippen LogP contribution in [-0.4, -0.2) is 52.1 Å². The molecule has 1 amide bonds. The number of carbonyl (C=O) groups excluding carboxylic acids is 1. The Morgan fingerprint density at radius 1 is 1.34 bits per heavy atom. The SMILES string of the molecule is O=C(Nc1ccncc1F)C1=CNC2C=CC(N3CCCC(C(F)(F)F)C3)=NN12. The van der Waals surface area contributed by atoms with E-state index in [0.717, 1.165) is 6.20 Å². The highest BCUT2D eigenvalue weighted by atomic mass is 19.4. The number of fused-ring (bicyclic) bond motifs is 1. The molecule has 2 unspecified atom stereocenters. The smallest absolute Gasteiger partial charge is 0.365 e. The maximum absolute atomic E-state index is 13.7. The van der Waals surface area contributed by atoms with Gasteiger partial charge in [0, 0.05) is 25.5 Å². The van der Waals surface area contributed by atoms with Gasteiger partial charge in [0.05, 0.1) is 17.8 Å². The highest BCUT2D eigenvalue weighted by molar-refractivity contribution is 6.04. The molecule has 0 radical (unpaired) electrons. The lowest BCUT2D eigenvalue weighted by atomic mass is 9.97. The predicted molar refractivity (Wildman–Crippen MR) is 96.6 cm³/mol. The monoisotopic (exact) mass is 410 g/mol. The Kier molecular flexibility index (Phi) is 4.89. The second-order valence-electron chi connectivity index (χ2n) is 6.94. The molecular weight excluding hydrogens is 392 g/mol. The van der Waals surface area contributed by atoms with Crippen molar-refractivity contribution in [1.29, 1.82) is 0 Å². The van der Waals surface area contributed by atoms with Crippen molar-refractivity contribution >= 4 is 17.4 Å². The molecule has 0 spiro atoms. The Morgan fingerprint density at radius 2 is 2.17 bits per heavy atom. The van der Waals surface area contributed by atoms with Crippen LogP contribution in [0.5, 0.6) is 0 Å². The fraction of sp³-hybridized carbons (Fsp3) is 0.389. The molecule has 1 aromatic heterocycles. The highest BCUT2D eigenvalue weighted by Crippen LogP contribution is 2.34. The number of halogens is 4. The minimum absolute atomic E-state index is 0.0323. The van der Waals surface area contributed by atoms with Gasteiger partial charge in [-0.15, -0.1) is 0 Å². The van der Waals surface area contributed by atoms with E-state index in [4.69, 9.17) is 0 Å².